The van der Waals surface area contributed by atoms with E-state index in [1.807, 2.05) is 30.0 Å². The van der Waals surface area contributed by atoms with Crippen molar-refractivity contribution in [3.8, 4) is 0 Å². The van der Waals surface area contributed by atoms with Gasteiger partial charge in [0.1, 0.15) is 0 Å². The predicted octanol–water partition coefficient (Wildman–Crippen LogP) is 3.02. The summed E-state index contributed by atoms with van der Waals surface area (Å²) in [7, 11) is 0. The fourth-order valence-corrected chi connectivity index (χ4v) is 2.94. The zero-order valence-electron chi connectivity index (χ0n) is 11.9. The number of ether oxygens (including phenoxy) is 1. The van der Waals surface area contributed by atoms with Crippen molar-refractivity contribution in [2.24, 2.45) is 0 Å². The minimum atomic E-state index is 0.122. The van der Waals surface area contributed by atoms with Crippen molar-refractivity contribution in [1.82, 2.24) is 4.90 Å². The second kappa shape index (κ2) is 7.79. The molecule has 1 aromatic carbocycles. The number of benzene rings is 1. The van der Waals surface area contributed by atoms with Crippen LogP contribution in [0.1, 0.15) is 25.3 Å². The fraction of sp³-hybridized carbons (Fsp3) is 0.562. The molecule has 1 aliphatic heterocycles. The second-order valence-electron chi connectivity index (χ2n) is 5.36. The molecule has 1 amide bonds. The molecule has 0 N–H and O–H groups in total. The maximum atomic E-state index is 12.3. The number of rotatable bonds is 5. The van der Waals surface area contributed by atoms with Crippen LogP contribution in [-0.2, 0) is 16.0 Å². The van der Waals surface area contributed by atoms with Crippen LogP contribution in [0, 0.1) is 0 Å². The van der Waals surface area contributed by atoms with Gasteiger partial charge < -0.3 is 9.64 Å². The van der Waals surface area contributed by atoms with Crippen LogP contribution >= 0.6 is 15.9 Å². The van der Waals surface area contributed by atoms with Crippen LogP contribution in [-0.4, -0.2) is 41.4 Å². The van der Waals surface area contributed by atoms with Crippen molar-refractivity contribution in [3.63, 3.8) is 0 Å². The molecule has 2 unspecified atom stereocenters. The summed E-state index contributed by atoms with van der Waals surface area (Å²) in [5.41, 5.74) is 1.30. The minimum absolute atomic E-state index is 0.122. The molecule has 4 heteroatoms. The second-order valence-corrected chi connectivity index (χ2v) is 6.01. The molecule has 0 saturated carbocycles. The number of carbonyl (C=O) groups excluding carboxylic acids is 1. The van der Waals surface area contributed by atoms with Gasteiger partial charge in [0, 0.05) is 24.8 Å². The number of carbonyl (C=O) groups is 1. The summed E-state index contributed by atoms with van der Waals surface area (Å²) >= 11 is 3.44. The Hall–Kier alpha value is -0.870. The van der Waals surface area contributed by atoms with Gasteiger partial charge >= 0.3 is 0 Å². The van der Waals surface area contributed by atoms with E-state index in [0.29, 0.717) is 19.5 Å². The largest absolute Gasteiger partial charge is 0.371 e. The van der Waals surface area contributed by atoms with E-state index < -0.39 is 0 Å². The van der Waals surface area contributed by atoms with E-state index in [2.05, 4.69) is 28.1 Å². The number of halogens is 1. The summed E-state index contributed by atoms with van der Waals surface area (Å²) in [6.07, 6.45) is 2.75. The van der Waals surface area contributed by atoms with Crippen molar-refractivity contribution in [3.05, 3.63) is 35.9 Å². The molecular weight excluding hydrogens is 318 g/mol. The van der Waals surface area contributed by atoms with Crippen molar-refractivity contribution < 1.29 is 9.53 Å². The Kier molecular flexibility index (Phi) is 6.05. The van der Waals surface area contributed by atoms with Gasteiger partial charge in [-0.3, -0.25) is 4.79 Å². The first-order valence-electron chi connectivity index (χ1n) is 7.22. The molecule has 2 atom stereocenters. The highest BCUT2D eigenvalue weighted by atomic mass is 79.9. The molecule has 1 aromatic rings. The van der Waals surface area contributed by atoms with E-state index in [1.54, 1.807) is 0 Å². The number of hydrogen-bond acceptors (Lipinski definition) is 2. The highest BCUT2D eigenvalue weighted by Gasteiger charge is 2.27. The van der Waals surface area contributed by atoms with Gasteiger partial charge in [-0.05, 0) is 25.3 Å². The van der Waals surface area contributed by atoms with Gasteiger partial charge in [-0.1, -0.05) is 46.3 Å². The van der Waals surface area contributed by atoms with Gasteiger partial charge in [0.2, 0.25) is 5.91 Å². The van der Waals surface area contributed by atoms with Gasteiger partial charge in [0.25, 0.3) is 0 Å². The Balaban J connectivity index is 1.76. The highest BCUT2D eigenvalue weighted by Crippen LogP contribution is 2.15. The molecule has 1 heterocycles. The average molecular weight is 340 g/mol. The number of hydrogen-bond donors (Lipinski definition) is 0. The molecule has 2 rings (SSSR count). The molecule has 0 bridgehead atoms. The number of amides is 1. The summed E-state index contributed by atoms with van der Waals surface area (Å²) in [6.45, 7) is 3.45. The molecule has 0 spiro atoms. The van der Waals surface area contributed by atoms with Crippen LogP contribution in [0.5, 0.6) is 0 Å². The van der Waals surface area contributed by atoms with Crippen molar-refractivity contribution in [1.29, 1.82) is 0 Å². The smallest absolute Gasteiger partial charge is 0.222 e. The molecule has 1 fully saturated rings. The lowest BCUT2D eigenvalue weighted by Crippen LogP contribution is -2.49. The third-order valence-electron chi connectivity index (χ3n) is 3.55. The summed E-state index contributed by atoms with van der Waals surface area (Å²) in [4.78, 5) is 14.2. The predicted molar refractivity (Wildman–Crippen MR) is 84.1 cm³/mol. The molecular formula is C16H22BrNO2. The van der Waals surface area contributed by atoms with Gasteiger partial charge in [0.05, 0.1) is 12.2 Å². The third kappa shape index (κ3) is 4.60. The van der Waals surface area contributed by atoms with Crippen LogP contribution < -0.4 is 0 Å². The number of alkyl halides is 1. The van der Waals surface area contributed by atoms with E-state index in [9.17, 15) is 4.79 Å². The Morgan fingerprint density at radius 1 is 1.35 bits per heavy atom. The number of morpholine rings is 1. The molecule has 3 nitrogen and oxygen atoms in total. The molecule has 20 heavy (non-hydrogen) atoms. The first-order chi connectivity index (χ1) is 9.69. The minimum Gasteiger partial charge on any atom is -0.371 e. The summed E-state index contributed by atoms with van der Waals surface area (Å²) in [5.74, 6) is 0.252. The molecule has 0 radical (unpaired) electrons. The molecule has 110 valence electrons. The summed E-state index contributed by atoms with van der Waals surface area (Å²) < 4.78 is 5.75. The molecule has 0 aliphatic carbocycles. The number of aryl methyl sites for hydroxylation is 1. The molecule has 1 aliphatic rings. The topological polar surface area (TPSA) is 29.5 Å². The van der Waals surface area contributed by atoms with E-state index in [1.165, 1.54) is 5.56 Å². The lowest BCUT2D eigenvalue weighted by atomic mass is 10.1. The maximum Gasteiger partial charge on any atom is 0.222 e. The van der Waals surface area contributed by atoms with Crippen LogP contribution in [0.4, 0.5) is 0 Å². The van der Waals surface area contributed by atoms with Crippen molar-refractivity contribution in [2.45, 2.75) is 38.4 Å². The van der Waals surface area contributed by atoms with Crippen molar-refractivity contribution >= 4 is 21.8 Å². The third-order valence-corrected chi connectivity index (χ3v) is 4.27. The van der Waals surface area contributed by atoms with Crippen LogP contribution in [0.25, 0.3) is 0 Å². The number of nitrogens with zero attached hydrogens (tertiary/aromatic N) is 1. The van der Waals surface area contributed by atoms with Crippen LogP contribution in [0.15, 0.2) is 30.3 Å². The Labute approximate surface area is 129 Å². The van der Waals surface area contributed by atoms with Gasteiger partial charge in [-0.2, -0.15) is 0 Å². The van der Waals surface area contributed by atoms with Crippen molar-refractivity contribution in [2.75, 3.05) is 18.4 Å². The SMILES string of the molecule is CC1CN(C(=O)CCCc2ccccc2)CC(CBr)O1. The lowest BCUT2D eigenvalue weighted by molar-refractivity contribution is -0.142. The highest BCUT2D eigenvalue weighted by molar-refractivity contribution is 9.09. The normalized spacial score (nSPS) is 22.8. The Morgan fingerprint density at radius 3 is 2.80 bits per heavy atom. The lowest BCUT2D eigenvalue weighted by Gasteiger charge is -2.36. The monoisotopic (exact) mass is 339 g/mol. The summed E-state index contributed by atoms with van der Waals surface area (Å²) in [5, 5.41) is 0.783. The quantitative estimate of drug-likeness (QED) is 0.771. The average Bonchev–Trinajstić information content (AvgIpc) is 2.47. The summed E-state index contributed by atoms with van der Waals surface area (Å²) in [6, 6.07) is 10.3. The Morgan fingerprint density at radius 2 is 2.10 bits per heavy atom. The van der Waals surface area contributed by atoms with E-state index in [4.69, 9.17) is 4.74 Å². The zero-order chi connectivity index (χ0) is 14.4. The van der Waals surface area contributed by atoms with Gasteiger partial charge in [-0.25, -0.2) is 0 Å². The van der Waals surface area contributed by atoms with E-state index >= 15 is 0 Å². The fourth-order valence-electron chi connectivity index (χ4n) is 2.58. The van der Waals surface area contributed by atoms with Gasteiger partial charge in [0.15, 0.2) is 0 Å². The Bertz CT molecular complexity index is 424. The van der Waals surface area contributed by atoms with Gasteiger partial charge in [-0.15, -0.1) is 0 Å². The van der Waals surface area contributed by atoms with E-state index in [0.717, 1.165) is 18.2 Å². The first kappa shape index (κ1) is 15.5. The van der Waals surface area contributed by atoms with Crippen LogP contribution in [0.2, 0.25) is 0 Å². The molecule has 0 aromatic heterocycles. The van der Waals surface area contributed by atoms with Crippen LogP contribution in [0.3, 0.4) is 0 Å². The van der Waals surface area contributed by atoms with E-state index in [-0.39, 0.29) is 18.1 Å². The standard InChI is InChI=1S/C16H22BrNO2/c1-13-11-18(12-15(10-17)20-13)16(19)9-5-8-14-6-3-2-4-7-14/h2-4,6-7,13,15H,5,8-12H2,1H3. The zero-order valence-corrected chi connectivity index (χ0v) is 13.5. The molecule has 1 saturated heterocycles. The maximum absolute atomic E-state index is 12.3. The first-order valence-corrected chi connectivity index (χ1v) is 8.34.